The lowest BCUT2D eigenvalue weighted by atomic mass is 10.1. The number of hydrogen-bond donors (Lipinski definition) is 0. The number of carbonyl (C=O) groups excluding carboxylic acids is 1. The van der Waals surface area contributed by atoms with Crippen molar-refractivity contribution in [1.29, 1.82) is 5.26 Å². The van der Waals surface area contributed by atoms with Gasteiger partial charge >= 0.3 is 0 Å². The van der Waals surface area contributed by atoms with E-state index in [4.69, 9.17) is 21.6 Å². The number of ether oxygens (including phenoxy) is 1. The first kappa shape index (κ1) is 14.0. The van der Waals surface area contributed by atoms with Gasteiger partial charge in [0.05, 0.1) is 11.6 Å². The molecule has 0 aliphatic rings. The van der Waals surface area contributed by atoms with Gasteiger partial charge in [-0.15, -0.1) is 0 Å². The van der Waals surface area contributed by atoms with E-state index in [1.807, 2.05) is 6.07 Å². The molecule has 0 amide bonds. The average Bonchev–Trinajstić information content (AvgIpc) is 2.45. The Morgan fingerprint density at radius 3 is 2.75 bits per heavy atom. The standard InChI is InChI=1S/C15H9ClFNO2/c16-15-5-10(7-18)1-2-12(15)9-20-14-4-11(8-19)3-13(17)6-14/h1-6,8H,9H2. The maximum absolute atomic E-state index is 13.2. The molecule has 0 heterocycles. The van der Waals surface area contributed by atoms with E-state index in [1.54, 1.807) is 12.1 Å². The molecule has 100 valence electrons. The van der Waals surface area contributed by atoms with E-state index in [1.165, 1.54) is 18.2 Å². The molecule has 2 aromatic carbocycles. The van der Waals surface area contributed by atoms with Crippen molar-refractivity contribution in [3.63, 3.8) is 0 Å². The van der Waals surface area contributed by atoms with Crippen molar-refractivity contribution in [2.75, 3.05) is 0 Å². The van der Waals surface area contributed by atoms with E-state index in [2.05, 4.69) is 0 Å². The lowest BCUT2D eigenvalue weighted by Gasteiger charge is -2.08. The lowest BCUT2D eigenvalue weighted by molar-refractivity contribution is 0.112. The Hall–Kier alpha value is -2.38. The molecule has 2 rings (SSSR count). The minimum atomic E-state index is -0.546. The number of rotatable bonds is 4. The molecule has 0 aromatic heterocycles. The highest BCUT2D eigenvalue weighted by Gasteiger charge is 2.05. The Morgan fingerprint density at radius 2 is 2.10 bits per heavy atom. The molecule has 0 radical (unpaired) electrons. The van der Waals surface area contributed by atoms with Gasteiger partial charge in [0.15, 0.2) is 0 Å². The molecule has 0 aliphatic heterocycles. The molecule has 0 bridgehead atoms. The monoisotopic (exact) mass is 289 g/mol. The van der Waals surface area contributed by atoms with Crippen LogP contribution in [-0.2, 0) is 6.61 Å². The van der Waals surface area contributed by atoms with E-state index in [9.17, 15) is 9.18 Å². The predicted molar refractivity (Wildman–Crippen MR) is 72.3 cm³/mol. The molecule has 0 N–H and O–H groups in total. The second-order valence-corrected chi connectivity index (χ2v) is 4.45. The van der Waals surface area contributed by atoms with Crippen LogP contribution in [0.2, 0.25) is 5.02 Å². The summed E-state index contributed by atoms with van der Waals surface area (Å²) in [6, 6.07) is 10.5. The van der Waals surface area contributed by atoms with Gasteiger partial charge in [-0.3, -0.25) is 4.79 Å². The number of benzene rings is 2. The Kier molecular flexibility index (Phi) is 4.34. The van der Waals surface area contributed by atoms with Crippen LogP contribution in [0.4, 0.5) is 4.39 Å². The SMILES string of the molecule is N#Cc1ccc(COc2cc(F)cc(C=O)c2)c(Cl)c1. The van der Waals surface area contributed by atoms with Crippen LogP contribution < -0.4 is 4.74 Å². The molecule has 2 aromatic rings. The van der Waals surface area contributed by atoms with Gasteiger partial charge in [0.2, 0.25) is 0 Å². The Morgan fingerprint density at radius 1 is 1.30 bits per heavy atom. The largest absolute Gasteiger partial charge is 0.489 e. The molecule has 3 nitrogen and oxygen atoms in total. The van der Waals surface area contributed by atoms with Crippen molar-refractivity contribution in [3.8, 4) is 11.8 Å². The second kappa shape index (κ2) is 6.18. The smallest absolute Gasteiger partial charge is 0.150 e. The minimum absolute atomic E-state index is 0.117. The third-order valence-electron chi connectivity index (χ3n) is 2.61. The van der Waals surface area contributed by atoms with E-state index >= 15 is 0 Å². The van der Waals surface area contributed by atoms with Crippen molar-refractivity contribution in [2.24, 2.45) is 0 Å². The zero-order valence-electron chi connectivity index (χ0n) is 10.3. The van der Waals surface area contributed by atoms with Crippen LogP contribution in [0.1, 0.15) is 21.5 Å². The highest BCUT2D eigenvalue weighted by molar-refractivity contribution is 6.31. The van der Waals surface area contributed by atoms with Crippen molar-refractivity contribution in [1.82, 2.24) is 0 Å². The third-order valence-corrected chi connectivity index (χ3v) is 2.96. The van der Waals surface area contributed by atoms with Gasteiger partial charge in [-0.05, 0) is 24.3 Å². The topological polar surface area (TPSA) is 50.1 Å². The molecule has 0 atom stereocenters. The van der Waals surface area contributed by atoms with Crippen LogP contribution in [0.15, 0.2) is 36.4 Å². The number of hydrogen-bond acceptors (Lipinski definition) is 3. The van der Waals surface area contributed by atoms with Gasteiger partial charge < -0.3 is 4.74 Å². The van der Waals surface area contributed by atoms with Gasteiger partial charge in [0.1, 0.15) is 24.5 Å². The number of halogens is 2. The fraction of sp³-hybridized carbons (Fsp3) is 0.0667. The average molecular weight is 290 g/mol. The molecule has 0 saturated heterocycles. The predicted octanol–water partition coefficient (Wildman–Crippen LogP) is 3.74. The first-order chi connectivity index (χ1) is 9.62. The van der Waals surface area contributed by atoms with E-state index in [-0.39, 0.29) is 17.9 Å². The normalized spacial score (nSPS) is 9.85. The summed E-state index contributed by atoms with van der Waals surface area (Å²) >= 11 is 6.00. The number of nitrogens with zero attached hydrogens (tertiary/aromatic N) is 1. The van der Waals surface area contributed by atoms with Gasteiger partial charge in [-0.1, -0.05) is 17.7 Å². The number of nitriles is 1. The van der Waals surface area contributed by atoms with Crippen LogP contribution in [0.5, 0.6) is 5.75 Å². The highest BCUT2D eigenvalue weighted by atomic mass is 35.5. The summed E-state index contributed by atoms with van der Waals surface area (Å²) in [5, 5.41) is 9.13. The molecule has 20 heavy (non-hydrogen) atoms. The van der Waals surface area contributed by atoms with Crippen LogP contribution >= 0.6 is 11.6 Å². The summed E-state index contributed by atoms with van der Waals surface area (Å²) in [7, 11) is 0. The van der Waals surface area contributed by atoms with Gasteiger partial charge in [0.25, 0.3) is 0 Å². The second-order valence-electron chi connectivity index (χ2n) is 4.04. The maximum Gasteiger partial charge on any atom is 0.150 e. The molecule has 0 unspecified atom stereocenters. The van der Waals surface area contributed by atoms with Crippen molar-refractivity contribution in [2.45, 2.75) is 6.61 Å². The summed E-state index contributed by atoms with van der Waals surface area (Å²) < 4.78 is 18.6. The summed E-state index contributed by atoms with van der Waals surface area (Å²) in [5.41, 5.74) is 1.32. The van der Waals surface area contributed by atoms with E-state index in [0.717, 1.165) is 6.07 Å². The summed E-state index contributed by atoms with van der Waals surface area (Å²) in [6.07, 6.45) is 0.546. The first-order valence-electron chi connectivity index (χ1n) is 5.69. The number of aldehydes is 1. The molecule has 0 fully saturated rings. The third kappa shape index (κ3) is 3.34. The van der Waals surface area contributed by atoms with Crippen molar-refractivity contribution >= 4 is 17.9 Å². The van der Waals surface area contributed by atoms with Gasteiger partial charge in [0, 0.05) is 22.2 Å². The zero-order valence-corrected chi connectivity index (χ0v) is 11.0. The molecule has 0 saturated carbocycles. The van der Waals surface area contributed by atoms with Gasteiger partial charge in [-0.25, -0.2) is 4.39 Å². The van der Waals surface area contributed by atoms with Gasteiger partial charge in [-0.2, -0.15) is 5.26 Å². The summed E-state index contributed by atoms with van der Waals surface area (Å²) in [5.74, 6) is -0.303. The molecule has 5 heteroatoms. The summed E-state index contributed by atoms with van der Waals surface area (Å²) in [6.45, 7) is 0.117. The zero-order chi connectivity index (χ0) is 14.5. The van der Waals surface area contributed by atoms with Crippen molar-refractivity contribution in [3.05, 3.63) is 63.9 Å². The van der Waals surface area contributed by atoms with Crippen LogP contribution in [0.25, 0.3) is 0 Å². The summed E-state index contributed by atoms with van der Waals surface area (Å²) in [4.78, 5) is 10.6. The van der Waals surface area contributed by atoms with Crippen LogP contribution in [0, 0.1) is 17.1 Å². The van der Waals surface area contributed by atoms with Crippen molar-refractivity contribution < 1.29 is 13.9 Å². The maximum atomic E-state index is 13.2. The molecular formula is C15H9ClFNO2. The number of carbonyl (C=O) groups is 1. The first-order valence-corrected chi connectivity index (χ1v) is 6.07. The quantitative estimate of drug-likeness (QED) is 0.806. The molecule has 0 aliphatic carbocycles. The Bertz CT molecular complexity index is 695. The van der Waals surface area contributed by atoms with E-state index < -0.39 is 5.82 Å². The van der Waals surface area contributed by atoms with E-state index in [0.29, 0.717) is 22.4 Å². The van der Waals surface area contributed by atoms with Crippen LogP contribution in [-0.4, -0.2) is 6.29 Å². The Labute approximate surface area is 120 Å². The molecular weight excluding hydrogens is 281 g/mol. The fourth-order valence-corrected chi connectivity index (χ4v) is 1.87. The lowest BCUT2D eigenvalue weighted by Crippen LogP contribution is -1.98. The minimum Gasteiger partial charge on any atom is -0.489 e. The Balaban J connectivity index is 2.15. The van der Waals surface area contributed by atoms with Crippen LogP contribution in [0.3, 0.4) is 0 Å². The molecule has 0 spiro atoms. The highest BCUT2D eigenvalue weighted by Crippen LogP contribution is 2.21. The fourth-order valence-electron chi connectivity index (χ4n) is 1.63.